The summed E-state index contributed by atoms with van der Waals surface area (Å²) >= 11 is 0. The van der Waals surface area contributed by atoms with Gasteiger partial charge in [0.05, 0.1) is 22.1 Å². The zero-order chi connectivity index (χ0) is 21.3. The van der Waals surface area contributed by atoms with Gasteiger partial charge in [-0.25, -0.2) is 8.42 Å². The van der Waals surface area contributed by atoms with E-state index in [0.29, 0.717) is 23.4 Å². The number of rotatable bonds is 6. The van der Waals surface area contributed by atoms with E-state index in [2.05, 4.69) is 34.0 Å². The van der Waals surface area contributed by atoms with Crippen molar-refractivity contribution in [1.29, 1.82) is 0 Å². The summed E-state index contributed by atoms with van der Waals surface area (Å²) in [5.74, 6) is 0.924. The molecule has 2 rings (SSSR count). The van der Waals surface area contributed by atoms with E-state index in [1.165, 1.54) is 0 Å². The van der Waals surface area contributed by atoms with E-state index in [-0.39, 0.29) is 28.0 Å². The largest absolute Gasteiger partial charge is 0.748 e. The minimum absolute atomic E-state index is 0.0248. The van der Waals surface area contributed by atoms with E-state index in [1.807, 2.05) is 13.8 Å². The first-order chi connectivity index (χ1) is 12.1. The minimum Gasteiger partial charge on any atom is -0.748 e. The Morgan fingerprint density at radius 2 is 1.85 bits per heavy atom. The van der Waals surface area contributed by atoms with E-state index in [4.69, 9.17) is 0 Å². The topological polar surface area (TPSA) is 91.3 Å². The maximum Gasteiger partial charge on any atom is 0.181 e. The molecule has 0 amide bonds. The molecule has 7 heteroatoms. The predicted molar refractivity (Wildman–Crippen MR) is 111 cm³/mol. The fourth-order valence-electron chi connectivity index (χ4n) is 4.22. The average molecular weight is 421 g/mol. The van der Waals surface area contributed by atoms with Crippen molar-refractivity contribution < 1.29 is 22.6 Å². The molecule has 3 unspecified atom stereocenters. The third-order valence-corrected chi connectivity index (χ3v) is 10.2. The second-order valence-electron chi connectivity index (χ2n) is 9.55. The van der Waals surface area contributed by atoms with Crippen LogP contribution in [-0.4, -0.2) is 47.0 Å². The van der Waals surface area contributed by atoms with Crippen LogP contribution in [0.15, 0.2) is 0 Å². The van der Waals surface area contributed by atoms with Crippen molar-refractivity contribution in [3.8, 4) is 0 Å². The molecular weight excluding hydrogens is 384 g/mol. The average Bonchev–Trinajstić information content (AvgIpc) is 2.79. The molecule has 0 aromatic rings. The van der Waals surface area contributed by atoms with Gasteiger partial charge in [-0.05, 0) is 62.3 Å². The fraction of sp³-hybridized carbons (Fsp3) is 0.900. The molecule has 2 aliphatic rings. The molecule has 0 spiro atoms. The standard InChI is InChI=1S/C10H16O4S.C10H21OS/c1-9(2)7-3-4-10(9,8(11)5-7)6-15(12,13)14;1-6-7-9(11)8-12(5)10(2,3)4/h7H,3-6H2,1-2H3,(H,12,13,14);6-8H2,1-5H3/q;+1/p-1. The lowest BCUT2D eigenvalue weighted by Gasteiger charge is -2.37. The summed E-state index contributed by atoms with van der Waals surface area (Å²) in [6.45, 7) is 12.5. The number of hydrogen-bond acceptors (Lipinski definition) is 5. The summed E-state index contributed by atoms with van der Waals surface area (Å²) < 4.78 is 33.0. The van der Waals surface area contributed by atoms with Gasteiger partial charge in [-0.15, -0.1) is 0 Å². The number of Topliss-reactive ketones (excluding diaryl/α,β-unsaturated/α-hetero) is 2. The van der Waals surface area contributed by atoms with E-state index in [1.54, 1.807) is 0 Å². The van der Waals surface area contributed by atoms with Crippen LogP contribution in [0.2, 0.25) is 0 Å². The van der Waals surface area contributed by atoms with Gasteiger partial charge in [0.15, 0.2) is 11.5 Å². The van der Waals surface area contributed by atoms with Crippen LogP contribution >= 0.6 is 0 Å². The molecule has 0 saturated heterocycles. The van der Waals surface area contributed by atoms with Crippen LogP contribution in [0.5, 0.6) is 0 Å². The zero-order valence-corrected chi connectivity index (χ0v) is 19.5. The molecule has 0 heterocycles. The Hall–Kier alpha value is -0.400. The summed E-state index contributed by atoms with van der Waals surface area (Å²) in [6, 6.07) is 0. The van der Waals surface area contributed by atoms with Crippen molar-refractivity contribution in [1.82, 2.24) is 0 Å². The molecule has 0 N–H and O–H groups in total. The smallest absolute Gasteiger partial charge is 0.181 e. The molecule has 0 radical (unpaired) electrons. The van der Waals surface area contributed by atoms with Crippen LogP contribution in [-0.2, 0) is 30.6 Å². The predicted octanol–water partition coefficient (Wildman–Crippen LogP) is 3.33. The molecular formula is C20H36O5S2. The lowest BCUT2D eigenvalue weighted by molar-refractivity contribution is -0.128. The zero-order valence-electron chi connectivity index (χ0n) is 17.9. The highest BCUT2D eigenvalue weighted by Crippen LogP contribution is 2.64. The van der Waals surface area contributed by atoms with Crippen molar-refractivity contribution in [2.24, 2.45) is 16.7 Å². The van der Waals surface area contributed by atoms with Crippen LogP contribution in [0, 0.1) is 16.7 Å². The van der Waals surface area contributed by atoms with E-state index >= 15 is 0 Å². The first-order valence-electron chi connectivity index (χ1n) is 9.68. The molecule has 2 aliphatic carbocycles. The third-order valence-electron chi connectivity index (χ3n) is 6.51. The van der Waals surface area contributed by atoms with Gasteiger partial charge in [-0.2, -0.15) is 0 Å². The first kappa shape index (κ1) is 24.6. The molecule has 3 atom stereocenters. The molecule has 2 fully saturated rings. The van der Waals surface area contributed by atoms with Crippen LogP contribution in [0.4, 0.5) is 0 Å². The van der Waals surface area contributed by atoms with Gasteiger partial charge in [-0.3, -0.25) is 9.59 Å². The highest BCUT2D eigenvalue weighted by atomic mass is 32.2. The molecule has 27 heavy (non-hydrogen) atoms. The van der Waals surface area contributed by atoms with E-state index in [9.17, 15) is 22.6 Å². The van der Waals surface area contributed by atoms with Crippen molar-refractivity contribution in [2.75, 3.05) is 17.8 Å². The van der Waals surface area contributed by atoms with Gasteiger partial charge in [0.1, 0.15) is 10.5 Å². The molecule has 158 valence electrons. The number of fused-ring (bicyclic) bond motifs is 2. The maximum atomic E-state index is 11.8. The number of ketones is 2. The molecule has 0 aromatic heterocycles. The van der Waals surface area contributed by atoms with Gasteiger partial charge in [-0.1, -0.05) is 20.8 Å². The lowest BCUT2D eigenvalue weighted by Crippen LogP contribution is -2.42. The van der Waals surface area contributed by atoms with Crippen LogP contribution in [0.3, 0.4) is 0 Å². The Morgan fingerprint density at radius 3 is 2.19 bits per heavy atom. The normalized spacial score (nSPS) is 27.9. The first-order valence-corrected chi connectivity index (χ1v) is 13.1. The summed E-state index contributed by atoms with van der Waals surface area (Å²) in [7, 11) is -4.09. The van der Waals surface area contributed by atoms with E-state index < -0.39 is 21.3 Å². The Bertz CT molecular complexity index is 660. The Balaban J connectivity index is 0.000000279. The number of carbonyl (C=O) groups excluding carboxylic acids is 2. The second-order valence-corrected chi connectivity index (χ2v) is 13.7. The number of carbonyl (C=O) groups is 2. The minimum atomic E-state index is -4.33. The van der Waals surface area contributed by atoms with Crippen LogP contribution in [0.1, 0.15) is 73.6 Å². The van der Waals surface area contributed by atoms with Gasteiger partial charge in [0.25, 0.3) is 0 Å². The Kier molecular flexibility index (Phi) is 7.79. The van der Waals surface area contributed by atoms with Gasteiger partial charge in [0, 0.05) is 18.3 Å². The van der Waals surface area contributed by atoms with Crippen LogP contribution in [0.25, 0.3) is 0 Å². The summed E-state index contributed by atoms with van der Waals surface area (Å²) in [5, 5.41) is 0. The Morgan fingerprint density at radius 1 is 1.30 bits per heavy atom. The van der Waals surface area contributed by atoms with Crippen molar-refractivity contribution in [3.05, 3.63) is 0 Å². The summed E-state index contributed by atoms with van der Waals surface area (Å²) in [6.07, 6.45) is 5.81. The second kappa shape index (κ2) is 8.54. The van der Waals surface area contributed by atoms with Crippen molar-refractivity contribution in [3.63, 3.8) is 0 Å². The molecule has 2 bridgehead atoms. The monoisotopic (exact) mass is 420 g/mol. The fourth-order valence-corrected chi connectivity index (χ4v) is 6.56. The molecule has 2 saturated carbocycles. The van der Waals surface area contributed by atoms with Crippen molar-refractivity contribution >= 4 is 32.6 Å². The molecule has 5 nitrogen and oxygen atoms in total. The van der Waals surface area contributed by atoms with Gasteiger partial charge < -0.3 is 4.55 Å². The summed E-state index contributed by atoms with van der Waals surface area (Å²) in [5.41, 5.74) is -1.22. The SMILES string of the molecule is CC1(C)C2CCC1(CS(=O)(=O)[O-])C(=O)C2.CCCC(=O)C[S+](C)C(C)(C)C. The molecule has 0 aliphatic heterocycles. The highest BCUT2D eigenvalue weighted by Gasteiger charge is 2.64. The quantitative estimate of drug-likeness (QED) is 0.485. The number of hydrogen-bond donors (Lipinski definition) is 0. The van der Waals surface area contributed by atoms with Gasteiger partial charge >= 0.3 is 0 Å². The van der Waals surface area contributed by atoms with E-state index in [0.717, 1.165) is 25.0 Å². The van der Waals surface area contributed by atoms with Gasteiger partial charge in [0.2, 0.25) is 0 Å². The molecule has 0 aromatic carbocycles. The third kappa shape index (κ3) is 5.80. The summed E-state index contributed by atoms with van der Waals surface area (Å²) in [4.78, 5) is 23.2. The Labute approximate surface area is 168 Å². The van der Waals surface area contributed by atoms with Crippen molar-refractivity contribution in [2.45, 2.75) is 78.4 Å². The lowest BCUT2D eigenvalue weighted by atomic mass is 9.70. The maximum absolute atomic E-state index is 11.8. The van der Waals surface area contributed by atoms with Crippen LogP contribution < -0.4 is 0 Å². The highest BCUT2D eigenvalue weighted by molar-refractivity contribution is 7.98.